The molecule has 1 saturated carbocycles. The molecule has 1 aliphatic heterocycles. The predicted octanol–water partition coefficient (Wildman–Crippen LogP) is 5.63. The van der Waals surface area contributed by atoms with Crippen LogP contribution < -0.4 is 0 Å². The van der Waals surface area contributed by atoms with Crippen molar-refractivity contribution < 1.29 is 35.2 Å². The molecule has 0 spiro atoms. The number of hydrogen-bond acceptors (Lipinski definition) is 4. The number of sulfonamides is 1. The third kappa shape index (κ3) is 6.72. The zero-order valence-electron chi connectivity index (χ0n) is 19.5. The van der Waals surface area contributed by atoms with E-state index in [0.717, 1.165) is 12.1 Å². The summed E-state index contributed by atoms with van der Waals surface area (Å²) in [6.45, 7) is 3.01. The standard InChI is InChI=1S/C23H30ClF5N2O3S/c1-2-15-35(33,34)31-13-11-30(12-14-31)21(7-9-22(25,26)10-8-21)6-5-20(32)18-4-3-17(16-19(18)24)23(27,28)29/h3-4,16H,2,5-15H2,1H3. The molecule has 1 saturated heterocycles. The molecule has 0 aromatic heterocycles. The fourth-order valence-corrected chi connectivity index (χ4v) is 6.81. The van der Waals surface area contributed by atoms with Crippen LogP contribution in [0.4, 0.5) is 22.0 Å². The van der Waals surface area contributed by atoms with Gasteiger partial charge in [0.15, 0.2) is 5.78 Å². The van der Waals surface area contributed by atoms with E-state index in [1.165, 1.54) is 4.31 Å². The molecule has 0 unspecified atom stereocenters. The number of piperazine rings is 1. The SMILES string of the molecule is CCCS(=O)(=O)N1CCN(C2(CCC(=O)c3ccc(C(F)(F)F)cc3Cl)CCC(F)(F)CC2)CC1. The van der Waals surface area contributed by atoms with Crippen LogP contribution in [0.3, 0.4) is 0 Å². The van der Waals surface area contributed by atoms with Gasteiger partial charge < -0.3 is 0 Å². The second-order valence-electron chi connectivity index (χ2n) is 9.40. The van der Waals surface area contributed by atoms with Crippen molar-refractivity contribution in [2.75, 3.05) is 31.9 Å². The Morgan fingerprint density at radius 3 is 2.17 bits per heavy atom. The smallest absolute Gasteiger partial charge is 0.295 e. The highest BCUT2D eigenvalue weighted by atomic mass is 35.5. The first-order valence-corrected chi connectivity index (χ1v) is 13.7. The maximum Gasteiger partial charge on any atom is 0.416 e. The van der Waals surface area contributed by atoms with Crippen LogP contribution in [0.25, 0.3) is 0 Å². The molecular formula is C23H30ClF5N2O3S. The molecule has 0 amide bonds. The second kappa shape index (κ2) is 10.6. The lowest BCUT2D eigenvalue weighted by Crippen LogP contribution is -2.60. The summed E-state index contributed by atoms with van der Waals surface area (Å²) in [4.78, 5) is 14.9. The van der Waals surface area contributed by atoms with Gasteiger partial charge in [0, 0.05) is 56.5 Å². The third-order valence-corrected chi connectivity index (χ3v) is 9.48. The van der Waals surface area contributed by atoms with Gasteiger partial charge in [-0.2, -0.15) is 17.5 Å². The first kappa shape index (κ1) is 28.3. The van der Waals surface area contributed by atoms with E-state index in [0.29, 0.717) is 25.6 Å². The maximum atomic E-state index is 14.0. The van der Waals surface area contributed by atoms with Crippen molar-refractivity contribution in [1.29, 1.82) is 0 Å². The van der Waals surface area contributed by atoms with Crippen molar-refractivity contribution in [2.24, 2.45) is 0 Å². The summed E-state index contributed by atoms with van der Waals surface area (Å²) in [5, 5.41) is -0.302. The fourth-order valence-electron chi connectivity index (χ4n) is 5.03. The third-order valence-electron chi connectivity index (χ3n) is 7.09. The van der Waals surface area contributed by atoms with Crippen LogP contribution >= 0.6 is 11.6 Å². The lowest BCUT2D eigenvalue weighted by Gasteiger charge is -2.51. The molecule has 2 fully saturated rings. The van der Waals surface area contributed by atoms with Gasteiger partial charge in [0.2, 0.25) is 15.9 Å². The van der Waals surface area contributed by atoms with Crippen LogP contribution in [0.2, 0.25) is 5.02 Å². The number of alkyl halides is 5. The first-order chi connectivity index (χ1) is 16.2. The summed E-state index contributed by atoms with van der Waals surface area (Å²) >= 11 is 5.96. The number of rotatable bonds is 8. The molecule has 0 N–H and O–H groups in total. The number of carbonyl (C=O) groups excluding carboxylic acids is 1. The molecule has 0 radical (unpaired) electrons. The van der Waals surface area contributed by atoms with Gasteiger partial charge in [-0.15, -0.1) is 0 Å². The van der Waals surface area contributed by atoms with Gasteiger partial charge in [0.05, 0.1) is 16.3 Å². The number of hydrogen-bond donors (Lipinski definition) is 0. The molecule has 5 nitrogen and oxygen atoms in total. The van der Waals surface area contributed by atoms with Gasteiger partial charge >= 0.3 is 6.18 Å². The van der Waals surface area contributed by atoms with Crippen molar-refractivity contribution in [2.45, 2.75) is 69.5 Å². The van der Waals surface area contributed by atoms with Crippen LogP contribution in [0.1, 0.15) is 67.8 Å². The summed E-state index contributed by atoms with van der Waals surface area (Å²) in [7, 11) is -3.37. The van der Waals surface area contributed by atoms with Crippen LogP contribution in [-0.2, 0) is 16.2 Å². The summed E-state index contributed by atoms with van der Waals surface area (Å²) in [6.07, 6.45) is -4.30. The molecule has 35 heavy (non-hydrogen) atoms. The summed E-state index contributed by atoms with van der Waals surface area (Å²) in [5.41, 5.74) is -1.71. The van der Waals surface area contributed by atoms with Crippen molar-refractivity contribution in [1.82, 2.24) is 9.21 Å². The van der Waals surface area contributed by atoms with E-state index in [1.807, 2.05) is 4.90 Å². The normalized spacial score (nSPS) is 21.7. The number of carbonyl (C=O) groups is 1. The van der Waals surface area contributed by atoms with Crippen molar-refractivity contribution in [3.63, 3.8) is 0 Å². The molecule has 198 valence electrons. The predicted molar refractivity (Wildman–Crippen MR) is 123 cm³/mol. The van der Waals surface area contributed by atoms with Gasteiger partial charge in [0.1, 0.15) is 0 Å². The largest absolute Gasteiger partial charge is 0.416 e. The van der Waals surface area contributed by atoms with Crippen LogP contribution in [-0.4, -0.2) is 66.8 Å². The zero-order valence-corrected chi connectivity index (χ0v) is 21.1. The maximum absolute atomic E-state index is 14.0. The minimum Gasteiger partial charge on any atom is -0.295 e. The van der Waals surface area contributed by atoms with Gasteiger partial charge in [-0.25, -0.2) is 17.2 Å². The van der Waals surface area contributed by atoms with E-state index >= 15 is 0 Å². The fraction of sp³-hybridized carbons (Fsp3) is 0.696. The summed E-state index contributed by atoms with van der Waals surface area (Å²) in [5.74, 6) is -3.20. The second-order valence-corrected chi connectivity index (χ2v) is 11.9. The van der Waals surface area contributed by atoms with E-state index in [-0.39, 0.29) is 68.0 Å². The summed E-state index contributed by atoms with van der Waals surface area (Å²) < 4.78 is 92.9. The minimum absolute atomic E-state index is 0.0357. The number of nitrogens with zero attached hydrogens (tertiary/aromatic N) is 2. The molecule has 12 heteroatoms. The summed E-state index contributed by atoms with van der Waals surface area (Å²) in [6, 6.07) is 2.56. The quantitative estimate of drug-likeness (QED) is 0.314. The van der Waals surface area contributed by atoms with Gasteiger partial charge in [-0.3, -0.25) is 9.69 Å². The van der Waals surface area contributed by atoms with Gasteiger partial charge in [-0.05, 0) is 43.9 Å². The topological polar surface area (TPSA) is 57.7 Å². The Morgan fingerprint density at radius 2 is 1.66 bits per heavy atom. The van der Waals surface area contributed by atoms with Crippen molar-refractivity contribution in [3.8, 4) is 0 Å². The number of ketones is 1. The highest BCUT2D eigenvalue weighted by Crippen LogP contribution is 2.44. The Labute approximate surface area is 207 Å². The Kier molecular flexibility index (Phi) is 8.56. The van der Waals surface area contributed by atoms with E-state index in [9.17, 15) is 35.2 Å². The molecule has 1 aromatic carbocycles. The molecule has 0 bridgehead atoms. The van der Waals surface area contributed by atoms with E-state index in [4.69, 9.17) is 11.6 Å². The zero-order chi connectivity index (χ0) is 26.1. The average Bonchev–Trinajstić information content (AvgIpc) is 2.78. The minimum atomic E-state index is -4.59. The van der Waals surface area contributed by atoms with E-state index < -0.39 is 39.0 Å². The Balaban J connectivity index is 1.73. The van der Waals surface area contributed by atoms with Crippen LogP contribution in [0.5, 0.6) is 0 Å². The van der Waals surface area contributed by atoms with E-state index in [1.54, 1.807) is 6.92 Å². The number of Topliss-reactive ketones (excluding diaryl/α,β-unsaturated/α-hetero) is 1. The average molecular weight is 545 g/mol. The molecule has 3 rings (SSSR count). The Hall–Kier alpha value is -1.30. The molecule has 1 aliphatic carbocycles. The van der Waals surface area contributed by atoms with Crippen LogP contribution in [0, 0.1) is 0 Å². The number of benzene rings is 1. The van der Waals surface area contributed by atoms with E-state index in [2.05, 4.69) is 0 Å². The lowest BCUT2D eigenvalue weighted by atomic mass is 9.74. The van der Waals surface area contributed by atoms with Gasteiger partial charge in [0.25, 0.3) is 0 Å². The monoisotopic (exact) mass is 544 g/mol. The Morgan fingerprint density at radius 1 is 1.06 bits per heavy atom. The van der Waals surface area contributed by atoms with Gasteiger partial charge in [-0.1, -0.05) is 18.5 Å². The molecular weight excluding hydrogens is 515 g/mol. The Bertz CT molecular complexity index is 1010. The molecule has 2 aliphatic rings. The lowest BCUT2D eigenvalue weighted by molar-refractivity contribution is -0.137. The van der Waals surface area contributed by atoms with Crippen molar-refractivity contribution >= 4 is 27.4 Å². The highest BCUT2D eigenvalue weighted by Gasteiger charge is 2.47. The first-order valence-electron chi connectivity index (χ1n) is 11.7. The van der Waals surface area contributed by atoms with Crippen molar-refractivity contribution in [3.05, 3.63) is 34.3 Å². The highest BCUT2D eigenvalue weighted by molar-refractivity contribution is 7.89. The molecule has 0 atom stereocenters. The van der Waals surface area contributed by atoms with Crippen LogP contribution in [0.15, 0.2) is 18.2 Å². The molecule has 1 aromatic rings. The number of halogens is 6. The molecule has 1 heterocycles.